The molecule has 3 heterocycles. The van der Waals surface area contributed by atoms with E-state index in [0.717, 1.165) is 17.2 Å². The summed E-state index contributed by atoms with van der Waals surface area (Å²) in [6.07, 6.45) is 5.04. The maximum atomic E-state index is 5.91. The fourth-order valence-electron chi connectivity index (χ4n) is 2.84. The summed E-state index contributed by atoms with van der Waals surface area (Å²) in [4.78, 5) is 15.0. The first kappa shape index (κ1) is 17.4. The molecule has 27 heavy (non-hydrogen) atoms. The number of anilines is 3. The molecule has 1 N–H and O–H groups in total. The Kier molecular flexibility index (Phi) is 4.49. The van der Waals surface area contributed by atoms with Crippen molar-refractivity contribution in [2.45, 2.75) is 13.0 Å². The van der Waals surface area contributed by atoms with Crippen LogP contribution in [0.5, 0.6) is 11.5 Å². The molecule has 1 atom stereocenters. The van der Waals surface area contributed by atoms with Crippen molar-refractivity contribution in [2.24, 2.45) is 0 Å². The van der Waals surface area contributed by atoms with E-state index in [9.17, 15) is 0 Å². The van der Waals surface area contributed by atoms with Gasteiger partial charge in [0.2, 0.25) is 5.95 Å². The largest absolute Gasteiger partial charge is 0.494 e. The lowest BCUT2D eigenvalue weighted by molar-refractivity contribution is 0.271. The predicted molar refractivity (Wildman–Crippen MR) is 104 cm³/mol. The quantitative estimate of drug-likeness (QED) is 0.737. The van der Waals surface area contributed by atoms with Gasteiger partial charge in [0.15, 0.2) is 11.6 Å². The molecule has 0 bridgehead atoms. The van der Waals surface area contributed by atoms with Crippen LogP contribution >= 0.6 is 11.6 Å². The van der Waals surface area contributed by atoms with E-state index in [4.69, 9.17) is 21.1 Å². The van der Waals surface area contributed by atoms with Gasteiger partial charge in [-0.05, 0) is 19.1 Å². The summed E-state index contributed by atoms with van der Waals surface area (Å²) < 4.78 is 13.0. The topological polar surface area (TPSA) is 77.3 Å². The molecule has 1 aliphatic heterocycles. The molecule has 3 aromatic rings. The highest BCUT2D eigenvalue weighted by Gasteiger charge is 2.23. The second kappa shape index (κ2) is 6.96. The first-order chi connectivity index (χ1) is 13.0. The standard InChI is InChI=1S/C18H19ClN6O2/c1-11-9-27-15-7-20-18(23-17(15)24(11)2)22-12-4-5-13(14(6-12)26-3)25-8-16(19)21-10-25/h4-8,10-11H,9H2,1-3H3,(H,20,22,23). The number of fused-ring (bicyclic) bond motifs is 1. The molecular weight excluding hydrogens is 368 g/mol. The van der Waals surface area contributed by atoms with Gasteiger partial charge in [-0.25, -0.2) is 9.97 Å². The van der Waals surface area contributed by atoms with E-state index in [-0.39, 0.29) is 6.04 Å². The van der Waals surface area contributed by atoms with E-state index in [2.05, 4.69) is 32.1 Å². The van der Waals surface area contributed by atoms with E-state index in [0.29, 0.717) is 29.2 Å². The van der Waals surface area contributed by atoms with Crippen LogP contribution in [0.3, 0.4) is 0 Å². The van der Waals surface area contributed by atoms with Gasteiger partial charge >= 0.3 is 0 Å². The van der Waals surface area contributed by atoms with Crippen LogP contribution < -0.4 is 19.7 Å². The zero-order chi connectivity index (χ0) is 19.0. The van der Waals surface area contributed by atoms with Crippen molar-refractivity contribution in [3.05, 3.63) is 42.1 Å². The van der Waals surface area contributed by atoms with Gasteiger partial charge < -0.3 is 24.3 Å². The molecule has 0 aliphatic carbocycles. The molecule has 8 nitrogen and oxygen atoms in total. The minimum atomic E-state index is 0.252. The molecule has 2 aromatic heterocycles. The SMILES string of the molecule is COc1cc(Nc2ncc3c(n2)N(C)C(C)CO3)ccc1-n1cnc(Cl)c1. The molecule has 140 valence electrons. The van der Waals surface area contributed by atoms with Crippen molar-refractivity contribution < 1.29 is 9.47 Å². The van der Waals surface area contributed by atoms with E-state index in [1.54, 1.807) is 30.4 Å². The second-order valence-electron chi connectivity index (χ2n) is 6.27. The van der Waals surface area contributed by atoms with Crippen molar-refractivity contribution in [2.75, 3.05) is 31.0 Å². The Morgan fingerprint density at radius 2 is 2.19 bits per heavy atom. The molecule has 0 saturated carbocycles. The number of hydrogen-bond acceptors (Lipinski definition) is 7. The number of nitrogens with zero attached hydrogens (tertiary/aromatic N) is 5. The summed E-state index contributed by atoms with van der Waals surface area (Å²) >= 11 is 5.91. The first-order valence-corrected chi connectivity index (χ1v) is 8.80. The predicted octanol–water partition coefficient (Wildman–Crippen LogP) is 3.29. The minimum absolute atomic E-state index is 0.252. The molecular formula is C18H19ClN6O2. The highest BCUT2D eigenvalue weighted by molar-refractivity contribution is 6.29. The highest BCUT2D eigenvalue weighted by atomic mass is 35.5. The Morgan fingerprint density at radius 3 is 2.93 bits per heavy atom. The summed E-state index contributed by atoms with van der Waals surface area (Å²) in [5.74, 6) is 2.61. The number of aromatic nitrogens is 4. The van der Waals surface area contributed by atoms with E-state index < -0.39 is 0 Å². The Hall–Kier alpha value is -3.00. The van der Waals surface area contributed by atoms with Gasteiger partial charge in [-0.15, -0.1) is 0 Å². The third-order valence-electron chi connectivity index (χ3n) is 4.48. The van der Waals surface area contributed by atoms with Crippen LogP contribution in [0.25, 0.3) is 5.69 Å². The molecule has 1 aliphatic rings. The van der Waals surface area contributed by atoms with Crippen LogP contribution in [-0.2, 0) is 0 Å². The molecule has 0 spiro atoms. The van der Waals surface area contributed by atoms with Crippen LogP contribution in [-0.4, -0.2) is 46.3 Å². The fourth-order valence-corrected chi connectivity index (χ4v) is 2.98. The molecule has 0 radical (unpaired) electrons. The molecule has 0 fully saturated rings. The van der Waals surface area contributed by atoms with Crippen molar-refractivity contribution in [1.82, 2.24) is 19.5 Å². The lowest BCUT2D eigenvalue weighted by Gasteiger charge is -2.32. The van der Waals surface area contributed by atoms with Crippen molar-refractivity contribution in [3.8, 4) is 17.2 Å². The zero-order valence-corrected chi connectivity index (χ0v) is 15.9. The number of likely N-dealkylation sites (N-methyl/N-ethyl adjacent to an activating group) is 1. The number of rotatable bonds is 4. The van der Waals surface area contributed by atoms with Gasteiger partial charge in [0.05, 0.1) is 25.0 Å². The van der Waals surface area contributed by atoms with Crippen LogP contribution in [0, 0.1) is 0 Å². The number of nitrogens with one attached hydrogen (secondary N) is 1. The number of methoxy groups -OCH3 is 1. The van der Waals surface area contributed by atoms with Crippen LogP contribution in [0.2, 0.25) is 5.15 Å². The third kappa shape index (κ3) is 3.35. The van der Waals surface area contributed by atoms with E-state index in [1.165, 1.54) is 0 Å². The summed E-state index contributed by atoms with van der Waals surface area (Å²) in [6.45, 7) is 2.71. The first-order valence-electron chi connectivity index (χ1n) is 8.42. The number of hydrogen-bond donors (Lipinski definition) is 1. The van der Waals surface area contributed by atoms with Gasteiger partial charge in [0, 0.05) is 25.0 Å². The van der Waals surface area contributed by atoms with Gasteiger partial charge in [-0.1, -0.05) is 11.6 Å². The summed E-state index contributed by atoms with van der Waals surface area (Å²) in [5, 5.41) is 3.63. The van der Waals surface area contributed by atoms with Crippen molar-refractivity contribution >= 4 is 29.1 Å². The number of halogens is 1. The van der Waals surface area contributed by atoms with Crippen LogP contribution in [0.1, 0.15) is 6.92 Å². The summed E-state index contributed by atoms with van der Waals surface area (Å²) in [6, 6.07) is 5.95. The van der Waals surface area contributed by atoms with Crippen molar-refractivity contribution in [3.63, 3.8) is 0 Å². The van der Waals surface area contributed by atoms with Gasteiger partial charge in [0.25, 0.3) is 0 Å². The molecule has 9 heteroatoms. The normalized spacial score (nSPS) is 15.9. The van der Waals surface area contributed by atoms with Gasteiger partial charge in [0.1, 0.15) is 23.8 Å². The molecule has 1 unspecified atom stereocenters. The Bertz CT molecular complexity index is 976. The maximum absolute atomic E-state index is 5.91. The highest BCUT2D eigenvalue weighted by Crippen LogP contribution is 2.32. The van der Waals surface area contributed by atoms with Crippen LogP contribution in [0.15, 0.2) is 36.9 Å². The van der Waals surface area contributed by atoms with Crippen molar-refractivity contribution in [1.29, 1.82) is 0 Å². The molecule has 0 amide bonds. The monoisotopic (exact) mass is 386 g/mol. The molecule has 0 saturated heterocycles. The third-order valence-corrected chi connectivity index (χ3v) is 4.67. The Labute approximate surface area is 161 Å². The Balaban J connectivity index is 1.62. The van der Waals surface area contributed by atoms with Gasteiger partial charge in [-0.3, -0.25) is 0 Å². The van der Waals surface area contributed by atoms with Crippen LogP contribution in [0.4, 0.5) is 17.5 Å². The lowest BCUT2D eigenvalue weighted by atomic mass is 10.2. The van der Waals surface area contributed by atoms with Gasteiger partial charge in [-0.2, -0.15) is 4.98 Å². The smallest absolute Gasteiger partial charge is 0.229 e. The lowest BCUT2D eigenvalue weighted by Crippen LogP contribution is -2.38. The number of benzene rings is 1. The van der Waals surface area contributed by atoms with E-state index in [1.807, 2.05) is 25.2 Å². The minimum Gasteiger partial charge on any atom is -0.494 e. The Morgan fingerprint density at radius 1 is 1.33 bits per heavy atom. The average molecular weight is 387 g/mol. The number of imidazole rings is 1. The number of ether oxygens (including phenoxy) is 2. The van der Waals surface area contributed by atoms with E-state index >= 15 is 0 Å². The maximum Gasteiger partial charge on any atom is 0.229 e. The molecule has 1 aromatic carbocycles. The average Bonchev–Trinajstić information content (AvgIpc) is 3.11. The second-order valence-corrected chi connectivity index (χ2v) is 6.65. The summed E-state index contributed by atoms with van der Waals surface area (Å²) in [5.41, 5.74) is 1.63. The summed E-state index contributed by atoms with van der Waals surface area (Å²) in [7, 11) is 3.61. The fraction of sp³-hybridized carbons (Fsp3) is 0.278. The molecule has 4 rings (SSSR count). The zero-order valence-electron chi connectivity index (χ0n) is 15.2.